The fourth-order valence-corrected chi connectivity index (χ4v) is 5.28. The Morgan fingerprint density at radius 2 is 1.43 bits per heavy atom. The van der Waals surface area contributed by atoms with Gasteiger partial charge >= 0.3 is 0 Å². The van der Waals surface area contributed by atoms with Gasteiger partial charge in [-0.1, -0.05) is 85.7 Å². The van der Waals surface area contributed by atoms with Gasteiger partial charge in [-0.05, 0) is 13.3 Å². The third kappa shape index (κ3) is 3.95. The molecular weight excluding hydrogens is 275 g/mol. The van der Waals surface area contributed by atoms with E-state index in [4.69, 9.17) is 0 Å². The predicted molar refractivity (Wildman–Crippen MR) is 93.3 cm³/mol. The maximum absolute atomic E-state index is 13.7. The van der Waals surface area contributed by atoms with Crippen LogP contribution in [0.3, 0.4) is 0 Å². The SMILES string of the molecule is CCC/C=C(\C)CP(=O)(c1ccccc1)c1ccccc1. The monoisotopic (exact) mass is 298 g/mol. The standard InChI is InChI=1S/C19H23OP/c1-3-4-11-17(2)16-21(20,18-12-7-5-8-13-18)19-14-9-6-10-15-19/h5-15H,3-4,16H2,1-2H3/b17-11+. The Balaban J connectivity index is 2.43. The van der Waals surface area contributed by atoms with E-state index in [0.29, 0.717) is 6.16 Å². The minimum absolute atomic E-state index is 0.626. The van der Waals surface area contributed by atoms with E-state index in [1.807, 2.05) is 60.7 Å². The first kappa shape index (κ1) is 15.8. The molecule has 110 valence electrons. The zero-order valence-electron chi connectivity index (χ0n) is 12.8. The third-order valence-corrected chi connectivity index (χ3v) is 6.81. The van der Waals surface area contributed by atoms with Crippen LogP contribution in [0.5, 0.6) is 0 Å². The van der Waals surface area contributed by atoms with Gasteiger partial charge in [0.2, 0.25) is 0 Å². The minimum Gasteiger partial charge on any atom is -0.313 e. The van der Waals surface area contributed by atoms with Crippen LogP contribution in [0.2, 0.25) is 0 Å². The second kappa shape index (κ2) is 7.43. The molecule has 0 atom stereocenters. The van der Waals surface area contributed by atoms with E-state index in [1.54, 1.807) is 0 Å². The number of allylic oxidation sites excluding steroid dienone is 2. The molecule has 0 saturated heterocycles. The van der Waals surface area contributed by atoms with Gasteiger partial charge in [0.1, 0.15) is 7.14 Å². The minimum atomic E-state index is -2.59. The number of rotatable bonds is 6. The Labute approximate surface area is 128 Å². The van der Waals surface area contributed by atoms with Crippen LogP contribution in [-0.2, 0) is 4.57 Å². The van der Waals surface area contributed by atoms with E-state index in [0.717, 1.165) is 23.5 Å². The first-order chi connectivity index (χ1) is 10.2. The van der Waals surface area contributed by atoms with Crippen LogP contribution >= 0.6 is 7.14 Å². The molecule has 2 rings (SSSR count). The molecule has 0 aliphatic carbocycles. The van der Waals surface area contributed by atoms with Crippen molar-refractivity contribution < 1.29 is 4.57 Å². The predicted octanol–water partition coefficient (Wildman–Crippen LogP) is 4.75. The van der Waals surface area contributed by atoms with Crippen LogP contribution in [0.15, 0.2) is 72.3 Å². The van der Waals surface area contributed by atoms with Crippen molar-refractivity contribution >= 4 is 17.8 Å². The molecule has 0 amide bonds. The zero-order valence-corrected chi connectivity index (χ0v) is 13.7. The lowest BCUT2D eigenvalue weighted by Crippen LogP contribution is -2.18. The molecule has 2 aromatic carbocycles. The lowest BCUT2D eigenvalue weighted by Gasteiger charge is -2.20. The fourth-order valence-electron chi connectivity index (χ4n) is 2.48. The lowest BCUT2D eigenvalue weighted by molar-refractivity contribution is 0.588. The van der Waals surface area contributed by atoms with Gasteiger partial charge in [0.05, 0.1) is 0 Å². The summed E-state index contributed by atoms with van der Waals surface area (Å²) in [5, 5.41) is 1.89. The number of benzene rings is 2. The van der Waals surface area contributed by atoms with Crippen LogP contribution in [0, 0.1) is 0 Å². The average molecular weight is 298 g/mol. The van der Waals surface area contributed by atoms with Crippen molar-refractivity contribution in [1.29, 1.82) is 0 Å². The zero-order chi connectivity index (χ0) is 15.1. The third-order valence-electron chi connectivity index (χ3n) is 3.60. The van der Waals surface area contributed by atoms with Gasteiger partial charge < -0.3 is 4.57 Å². The Morgan fingerprint density at radius 1 is 0.952 bits per heavy atom. The molecule has 0 saturated carbocycles. The Hall–Kier alpha value is -1.59. The van der Waals surface area contributed by atoms with Gasteiger partial charge in [-0.25, -0.2) is 0 Å². The van der Waals surface area contributed by atoms with E-state index in [-0.39, 0.29) is 0 Å². The summed E-state index contributed by atoms with van der Waals surface area (Å²) in [6.07, 6.45) is 5.02. The van der Waals surface area contributed by atoms with Gasteiger partial charge in [-0.15, -0.1) is 0 Å². The maximum Gasteiger partial charge on any atom is 0.147 e. The Bertz CT molecular complexity index is 586. The summed E-state index contributed by atoms with van der Waals surface area (Å²) in [7, 11) is -2.59. The molecule has 0 aliphatic rings. The quantitative estimate of drug-likeness (QED) is 0.556. The van der Waals surface area contributed by atoms with Crippen LogP contribution in [0.25, 0.3) is 0 Å². The molecule has 0 N–H and O–H groups in total. The average Bonchev–Trinajstić information content (AvgIpc) is 2.54. The molecule has 0 heterocycles. The van der Waals surface area contributed by atoms with Crippen molar-refractivity contribution in [2.45, 2.75) is 26.7 Å². The highest BCUT2D eigenvalue weighted by molar-refractivity contribution is 7.78. The van der Waals surface area contributed by atoms with Gasteiger partial charge in [-0.2, -0.15) is 0 Å². The number of hydrogen-bond donors (Lipinski definition) is 0. The first-order valence-corrected chi connectivity index (χ1v) is 9.42. The summed E-state index contributed by atoms with van der Waals surface area (Å²) in [5.41, 5.74) is 1.22. The maximum atomic E-state index is 13.7. The van der Waals surface area contributed by atoms with Crippen LogP contribution < -0.4 is 10.6 Å². The topological polar surface area (TPSA) is 17.1 Å². The molecule has 0 aliphatic heterocycles. The summed E-state index contributed by atoms with van der Waals surface area (Å²) in [5.74, 6) is 0. The molecule has 2 aromatic rings. The number of hydrogen-bond acceptors (Lipinski definition) is 1. The normalized spacial score (nSPS) is 12.4. The number of unbranched alkanes of at least 4 members (excludes halogenated alkanes) is 1. The van der Waals surface area contributed by atoms with Gasteiger partial charge in [0.15, 0.2) is 0 Å². The van der Waals surface area contributed by atoms with E-state index in [2.05, 4.69) is 19.9 Å². The molecule has 0 radical (unpaired) electrons. The van der Waals surface area contributed by atoms with Crippen molar-refractivity contribution in [2.24, 2.45) is 0 Å². The molecule has 0 fully saturated rings. The second-order valence-corrected chi connectivity index (χ2v) is 8.24. The molecule has 1 nitrogen and oxygen atoms in total. The summed E-state index contributed by atoms with van der Waals surface area (Å²) in [6, 6.07) is 19.8. The summed E-state index contributed by atoms with van der Waals surface area (Å²) >= 11 is 0. The van der Waals surface area contributed by atoms with Crippen molar-refractivity contribution in [3.05, 3.63) is 72.3 Å². The van der Waals surface area contributed by atoms with Crippen LogP contribution in [0.1, 0.15) is 26.7 Å². The van der Waals surface area contributed by atoms with Crippen molar-refractivity contribution in [1.82, 2.24) is 0 Å². The van der Waals surface area contributed by atoms with Crippen LogP contribution in [-0.4, -0.2) is 6.16 Å². The van der Waals surface area contributed by atoms with Crippen molar-refractivity contribution in [3.8, 4) is 0 Å². The lowest BCUT2D eigenvalue weighted by atomic mass is 10.2. The highest BCUT2D eigenvalue weighted by Gasteiger charge is 2.26. The molecule has 21 heavy (non-hydrogen) atoms. The summed E-state index contributed by atoms with van der Waals surface area (Å²) < 4.78 is 13.7. The fraction of sp³-hybridized carbons (Fsp3) is 0.263. The summed E-state index contributed by atoms with van der Waals surface area (Å²) in [6.45, 7) is 4.26. The Kier molecular flexibility index (Phi) is 5.59. The largest absolute Gasteiger partial charge is 0.313 e. The van der Waals surface area contributed by atoms with Gasteiger partial charge in [-0.3, -0.25) is 0 Å². The second-order valence-electron chi connectivity index (χ2n) is 5.41. The molecule has 0 spiro atoms. The first-order valence-electron chi connectivity index (χ1n) is 7.52. The molecular formula is C19H23OP. The van der Waals surface area contributed by atoms with E-state index in [1.165, 1.54) is 5.57 Å². The van der Waals surface area contributed by atoms with Gasteiger partial charge in [0.25, 0.3) is 0 Å². The summed E-state index contributed by atoms with van der Waals surface area (Å²) in [4.78, 5) is 0. The van der Waals surface area contributed by atoms with Crippen molar-refractivity contribution in [3.63, 3.8) is 0 Å². The highest BCUT2D eigenvalue weighted by Crippen LogP contribution is 2.44. The van der Waals surface area contributed by atoms with E-state index in [9.17, 15) is 4.57 Å². The smallest absolute Gasteiger partial charge is 0.147 e. The molecule has 0 aromatic heterocycles. The van der Waals surface area contributed by atoms with E-state index < -0.39 is 7.14 Å². The van der Waals surface area contributed by atoms with Crippen LogP contribution in [0.4, 0.5) is 0 Å². The van der Waals surface area contributed by atoms with E-state index >= 15 is 0 Å². The Morgan fingerprint density at radius 3 is 1.86 bits per heavy atom. The molecule has 0 bridgehead atoms. The highest BCUT2D eigenvalue weighted by atomic mass is 31.2. The molecule has 2 heteroatoms. The van der Waals surface area contributed by atoms with Gasteiger partial charge in [0, 0.05) is 16.8 Å². The van der Waals surface area contributed by atoms with Crippen molar-refractivity contribution in [2.75, 3.05) is 6.16 Å². The molecule has 0 unspecified atom stereocenters.